The molecule has 6 nitrogen and oxygen atoms in total. The second-order valence-corrected chi connectivity index (χ2v) is 7.53. The summed E-state index contributed by atoms with van der Waals surface area (Å²) in [6.45, 7) is 6.04. The third-order valence-electron chi connectivity index (χ3n) is 4.39. The molecule has 27 heavy (non-hydrogen) atoms. The van der Waals surface area contributed by atoms with Gasteiger partial charge in [-0.2, -0.15) is 0 Å². The van der Waals surface area contributed by atoms with E-state index in [2.05, 4.69) is 5.32 Å². The number of aryl methyl sites for hydroxylation is 1. The minimum absolute atomic E-state index is 0.0671. The van der Waals surface area contributed by atoms with Gasteiger partial charge in [0.1, 0.15) is 5.00 Å². The SMILES string of the molecule is CCC(O)CN(CC(=O)Nc1sc(C)c(C)c1C(=O)OC)c1ccccc1. The van der Waals surface area contributed by atoms with Crippen molar-refractivity contribution in [2.24, 2.45) is 0 Å². The summed E-state index contributed by atoms with van der Waals surface area (Å²) in [7, 11) is 1.32. The van der Waals surface area contributed by atoms with Crippen LogP contribution in [-0.2, 0) is 9.53 Å². The monoisotopic (exact) mass is 390 g/mol. The van der Waals surface area contributed by atoms with Crippen molar-refractivity contribution in [1.29, 1.82) is 0 Å². The number of nitrogens with zero attached hydrogens (tertiary/aromatic N) is 1. The largest absolute Gasteiger partial charge is 0.465 e. The van der Waals surface area contributed by atoms with Gasteiger partial charge in [0.15, 0.2) is 0 Å². The summed E-state index contributed by atoms with van der Waals surface area (Å²) in [6, 6.07) is 9.47. The van der Waals surface area contributed by atoms with Crippen LogP contribution in [0.4, 0.5) is 10.7 Å². The Morgan fingerprint density at radius 1 is 1.26 bits per heavy atom. The minimum Gasteiger partial charge on any atom is -0.465 e. The molecule has 0 spiro atoms. The number of aliphatic hydroxyl groups is 1. The van der Waals surface area contributed by atoms with Crippen LogP contribution in [-0.4, -0.2) is 43.3 Å². The van der Waals surface area contributed by atoms with Crippen LogP contribution in [0.25, 0.3) is 0 Å². The molecule has 1 atom stereocenters. The number of thiophene rings is 1. The molecular formula is C20H26N2O4S. The number of amides is 1. The van der Waals surface area contributed by atoms with Crippen LogP contribution in [0.15, 0.2) is 30.3 Å². The molecule has 146 valence electrons. The second-order valence-electron chi connectivity index (χ2n) is 6.31. The highest BCUT2D eigenvalue weighted by Crippen LogP contribution is 2.33. The molecule has 0 radical (unpaired) electrons. The van der Waals surface area contributed by atoms with Crippen LogP contribution in [0.5, 0.6) is 0 Å². The zero-order chi connectivity index (χ0) is 20.0. The fourth-order valence-corrected chi connectivity index (χ4v) is 3.75. The van der Waals surface area contributed by atoms with Gasteiger partial charge in [-0.25, -0.2) is 4.79 Å². The molecule has 2 N–H and O–H groups in total. The smallest absolute Gasteiger partial charge is 0.341 e. The molecular weight excluding hydrogens is 364 g/mol. The number of para-hydroxylation sites is 1. The average molecular weight is 391 g/mol. The molecule has 0 aliphatic heterocycles. The third kappa shape index (κ3) is 5.30. The number of nitrogens with one attached hydrogen (secondary N) is 1. The number of ether oxygens (including phenoxy) is 1. The highest BCUT2D eigenvalue weighted by Gasteiger charge is 2.22. The van der Waals surface area contributed by atoms with E-state index in [0.717, 1.165) is 16.1 Å². The van der Waals surface area contributed by atoms with Gasteiger partial charge in [-0.3, -0.25) is 4.79 Å². The molecule has 1 unspecified atom stereocenters. The van der Waals surface area contributed by atoms with E-state index in [1.54, 1.807) is 0 Å². The van der Waals surface area contributed by atoms with Gasteiger partial charge < -0.3 is 20.1 Å². The molecule has 0 saturated heterocycles. The minimum atomic E-state index is -0.533. The van der Waals surface area contributed by atoms with Crippen LogP contribution < -0.4 is 10.2 Å². The predicted molar refractivity (Wildman–Crippen MR) is 109 cm³/mol. The van der Waals surface area contributed by atoms with Crippen LogP contribution in [0.1, 0.15) is 34.1 Å². The highest BCUT2D eigenvalue weighted by molar-refractivity contribution is 7.16. The second kappa shape index (κ2) is 9.53. The van der Waals surface area contributed by atoms with E-state index in [4.69, 9.17) is 4.74 Å². The lowest BCUT2D eigenvalue weighted by Gasteiger charge is -2.26. The Morgan fingerprint density at radius 3 is 2.52 bits per heavy atom. The molecule has 0 fully saturated rings. The molecule has 1 heterocycles. The van der Waals surface area contributed by atoms with Gasteiger partial charge in [-0.15, -0.1) is 11.3 Å². The Balaban J connectivity index is 2.19. The van der Waals surface area contributed by atoms with Crippen molar-refractivity contribution in [3.63, 3.8) is 0 Å². The predicted octanol–water partition coefficient (Wildman–Crippen LogP) is 3.37. The van der Waals surface area contributed by atoms with E-state index in [9.17, 15) is 14.7 Å². The van der Waals surface area contributed by atoms with Gasteiger partial charge in [0.2, 0.25) is 5.91 Å². The summed E-state index contributed by atoms with van der Waals surface area (Å²) in [5.41, 5.74) is 2.06. The summed E-state index contributed by atoms with van der Waals surface area (Å²) < 4.78 is 4.84. The van der Waals surface area contributed by atoms with Gasteiger partial charge >= 0.3 is 5.97 Å². The summed E-state index contributed by atoms with van der Waals surface area (Å²) in [4.78, 5) is 27.5. The fraction of sp³-hybridized carbons (Fsp3) is 0.400. The first-order chi connectivity index (χ1) is 12.9. The van der Waals surface area contributed by atoms with Crippen LogP contribution in [0, 0.1) is 13.8 Å². The standard InChI is InChI=1S/C20H26N2O4S/c1-5-16(23)11-22(15-9-7-6-8-10-15)12-17(24)21-19-18(20(25)26-4)13(2)14(3)27-19/h6-10,16,23H,5,11-12H2,1-4H3,(H,21,24). The molecule has 0 aliphatic rings. The Bertz CT molecular complexity index is 789. The molecule has 7 heteroatoms. The highest BCUT2D eigenvalue weighted by atomic mass is 32.1. The Labute approximate surface area is 163 Å². The maximum absolute atomic E-state index is 12.7. The maximum Gasteiger partial charge on any atom is 0.341 e. The number of esters is 1. The average Bonchev–Trinajstić information content (AvgIpc) is 2.94. The number of rotatable bonds is 8. The zero-order valence-corrected chi connectivity index (χ0v) is 16.9. The summed E-state index contributed by atoms with van der Waals surface area (Å²) in [5.74, 6) is -0.720. The van der Waals surface area contributed by atoms with Gasteiger partial charge in [-0.05, 0) is 38.0 Å². The number of carbonyl (C=O) groups excluding carboxylic acids is 2. The number of aliphatic hydroxyl groups excluding tert-OH is 1. The topological polar surface area (TPSA) is 78.9 Å². The number of carbonyl (C=O) groups is 2. The van der Waals surface area contributed by atoms with Gasteiger partial charge in [-0.1, -0.05) is 25.1 Å². The fourth-order valence-electron chi connectivity index (χ4n) is 2.69. The molecule has 0 aliphatic carbocycles. The van der Waals surface area contributed by atoms with Gasteiger partial charge in [0.25, 0.3) is 0 Å². The number of hydrogen-bond donors (Lipinski definition) is 2. The van der Waals surface area contributed by atoms with Crippen molar-refractivity contribution in [2.45, 2.75) is 33.3 Å². The molecule has 2 rings (SSSR count). The van der Waals surface area contributed by atoms with E-state index in [1.807, 2.05) is 56.0 Å². The first kappa shape index (κ1) is 20.9. The van der Waals surface area contributed by atoms with Crippen LogP contribution >= 0.6 is 11.3 Å². The van der Waals surface area contributed by atoms with E-state index < -0.39 is 12.1 Å². The summed E-state index contributed by atoms with van der Waals surface area (Å²) in [5, 5.41) is 13.4. The summed E-state index contributed by atoms with van der Waals surface area (Å²) in [6.07, 6.45) is 0.0654. The summed E-state index contributed by atoms with van der Waals surface area (Å²) >= 11 is 1.35. The molecule has 1 aromatic heterocycles. The van der Waals surface area contributed by atoms with Crippen molar-refractivity contribution >= 4 is 33.9 Å². The van der Waals surface area contributed by atoms with Crippen molar-refractivity contribution in [2.75, 3.05) is 30.4 Å². The van der Waals surface area contributed by atoms with Crippen molar-refractivity contribution < 1.29 is 19.4 Å². The lowest BCUT2D eigenvalue weighted by molar-refractivity contribution is -0.115. The van der Waals surface area contributed by atoms with Crippen LogP contribution in [0.3, 0.4) is 0 Å². The number of hydrogen-bond acceptors (Lipinski definition) is 6. The molecule has 2 aromatic rings. The molecule has 0 bridgehead atoms. The molecule has 0 saturated carbocycles. The number of anilines is 2. The van der Waals surface area contributed by atoms with Crippen molar-refractivity contribution in [1.82, 2.24) is 0 Å². The lowest BCUT2D eigenvalue weighted by atomic mass is 10.1. The normalized spacial score (nSPS) is 11.7. The maximum atomic E-state index is 12.7. The quantitative estimate of drug-likeness (QED) is 0.676. The number of benzene rings is 1. The lowest BCUT2D eigenvalue weighted by Crippen LogP contribution is -2.38. The van der Waals surface area contributed by atoms with Crippen molar-refractivity contribution in [3.05, 3.63) is 46.3 Å². The Hall–Kier alpha value is -2.38. The van der Waals surface area contributed by atoms with Crippen LogP contribution in [0.2, 0.25) is 0 Å². The first-order valence-corrected chi connectivity index (χ1v) is 9.65. The number of methoxy groups -OCH3 is 1. The van der Waals surface area contributed by atoms with E-state index in [0.29, 0.717) is 23.5 Å². The van der Waals surface area contributed by atoms with Crippen molar-refractivity contribution in [3.8, 4) is 0 Å². The molecule has 1 aromatic carbocycles. The first-order valence-electron chi connectivity index (χ1n) is 8.83. The Morgan fingerprint density at radius 2 is 1.93 bits per heavy atom. The van der Waals surface area contributed by atoms with Gasteiger partial charge in [0, 0.05) is 17.1 Å². The Kier molecular flexibility index (Phi) is 7.38. The molecule has 1 amide bonds. The van der Waals surface area contributed by atoms with Gasteiger partial charge in [0.05, 0.1) is 25.3 Å². The zero-order valence-electron chi connectivity index (χ0n) is 16.1. The van der Waals surface area contributed by atoms with E-state index >= 15 is 0 Å². The third-order valence-corrected chi connectivity index (χ3v) is 5.51. The van der Waals surface area contributed by atoms with E-state index in [-0.39, 0.29) is 12.5 Å². The van der Waals surface area contributed by atoms with E-state index in [1.165, 1.54) is 18.4 Å².